The Hall–Kier alpha value is -1.44. The lowest BCUT2D eigenvalue weighted by atomic mass is 10.1. The van der Waals surface area contributed by atoms with Crippen LogP contribution in [-0.2, 0) is 14.8 Å². The van der Waals surface area contributed by atoms with E-state index in [1.165, 1.54) is 12.1 Å². The zero-order valence-electron chi connectivity index (χ0n) is 11.0. The lowest BCUT2D eigenvalue weighted by molar-refractivity contribution is -0.116. The number of carbonyl (C=O) groups is 1. The third kappa shape index (κ3) is 4.62. The van der Waals surface area contributed by atoms with Gasteiger partial charge in [0.25, 0.3) is 0 Å². The van der Waals surface area contributed by atoms with E-state index in [-0.39, 0.29) is 23.3 Å². The topological polar surface area (TPSA) is 115 Å². The van der Waals surface area contributed by atoms with Crippen molar-refractivity contribution in [2.75, 3.05) is 5.32 Å². The Morgan fingerprint density at radius 3 is 2.58 bits per heavy atom. The molecule has 106 valence electrons. The van der Waals surface area contributed by atoms with Crippen LogP contribution in [0.1, 0.15) is 25.3 Å². The SMILES string of the molecule is Cc1c(NC(=O)CCC(C)N)cccc1S(N)(=O)=O. The Morgan fingerprint density at radius 2 is 2.05 bits per heavy atom. The van der Waals surface area contributed by atoms with Crippen molar-refractivity contribution in [1.29, 1.82) is 0 Å². The van der Waals surface area contributed by atoms with Gasteiger partial charge in [-0.15, -0.1) is 0 Å². The van der Waals surface area contributed by atoms with E-state index in [2.05, 4.69) is 5.32 Å². The monoisotopic (exact) mass is 285 g/mol. The predicted molar refractivity (Wildman–Crippen MR) is 74.1 cm³/mol. The maximum Gasteiger partial charge on any atom is 0.238 e. The second-order valence-electron chi connectivity index (χ2n) is 4.54. The number of hydrogen-bond acceptors (Lipinski definition) is 4. The van der Waals surface area contributed by atoms with Gasteiger partial charge in [-0.3, -0.25) is 4.79 Å². The minimum atomic E-state index is -3.79. The van der Waals surface area contributed by atoms with Crippen molar-refractivity contribution < 1.29 is 13.2 Å². The number of hydrogen-bond donors (Lipinski definition) is 3. The van der Waals surface area contributed by atoms with Crippen LogP contribution in [0.3, 0.4) is 0 Å². The van der Waals surface area contributed by atoms with Crippen molar-refractivity contribution in [1.82, 2.24) is 0 Å². The first-order valence-corrected chi connectivity index (χ1v) is 7.44. The molecule has 6 nitrogen and oxygen atoms in total. The summed E-state index contributed by atoms with van der Waals surface area (Å²) < 4.78 is 22.7. The normalized spacial score (nSPS) is 13.1. The lowest BCUT2D eigenvalue weighted by Gasteiger charge is -2.11. The van der Waals surface area contributed by atoms with Crippen LogP contribution in [0.25, 0.3) is 0 Å². The summed E-state index contributed by atoms with van der Waals surface area (Å²) in [5.74, 6) is -0.202. The number of amides is 1. The summed E-state index contributed by atoms with van der Waals surface area (Å²) in [5.41, 5.74) is 6.44. The van der Waals surface area contributed by atoms with E-state index in [9.17, 15) is 13.2 Å². The largest absolute Gasteiger partial charge is 0.328 e. The minimum absolute atomic E-state index is 0.0116. The highest BCUT2D eigenvalue weighted by Gasteiger charge is 2.15. The van der Waals surface area contributed by atoms with Crippen LogP contribution in [0, 0.1) is 6.92 Å². The highest BCUT2D eigenvalue weighted by atomic mass is 32.2. The van der Waals surface area contributed by atoms with Crippen molar-refractivity contribution >= 4 is 21.6 Å². The number of rotatable bonds is 5. The van der Waals surface area contributed by atoms with Gasteiger partial charge in [0, 0.05) is 18.2 Å². The van der Waals surface area contributed by atoms with Crippen LogP contribution >= 0.6 is 0 Å². The Morgan fingerprint density at radius 1 is 1.42 bits per heavy atom. The van der Waals surface area contributed by atoms with Crippen LogP contribution in [0.15, 0.2) is 23.1 Å². The highest BCUT2D eigenvalue weighted by molar-refractivity contribution is 7.89. The molecule has 0 aliphatic heterocycles. The van der Waals surface area contributed by atoms with E-state index >= 15 is 0 Å². The summed E-state index contributed by atoms with van der Waals surface area (Å²) in [4.78, 5) is 11.7. The first-order valence-electron chi connectivity index (χ1n) is 5.89. The molecule has 5 N–H and O–H groups in total. The molecule has 0 saturated carbocycles. The van der Waals surface area contributed by atoms with Gasteiger partial charge in [0.1, 0.15) is 0 Å². The average Bonchev–Trinajstić information content (AvgIpc) is 2.27. The molecule has 1 aromatic carbocycles. The molecule has 1 atom stereocenters. The molecule has 0 bridgehead atoms. The van der Waals surface area contributed by atoms with Gasteiger partial charge in [-0.1, -0.05) is 6.07 Å². The molecule has 0 spiro atoms. The Labute approximate surface area is 113 Å². The van der Waals surface area contributed by atoms with E-state index in [1.807, 2.05) is 6.92 Å². The van der Waals surface area contributed by atoms with Gasteiger partial charge in [0.2, 0.25) is 15.9 Å². The number of nitrogens with one attached hydrogen (secondary N) is 1. The zero-order chi connectivity index (χ0) is 14.6. The number of benzene rings is 1. The Kier molecular flexibility index (Phi) is 5.04. The van der Waals surface area contributed by atoms with E-state index in [4.69, 9.17) is 10.9 Å². The summed E-state index contributed by atoms with van der Waals surface area (Å²) in [6, 6.07) is 4.52. The fourth-order valence-corrected chi connectivity index (χ4v) is 2.43. The van der Waals surface area contributed by atoms with E-state index < -0.39 is 10.0 Å². The maximum atomic E-state index is 11.7. The highest BCUT2D eigenvalue weighted by Crippen LogP contribution is 2.22. The van der Waals surface area contributed by atoms with Gasteiger partial charge in [-0.25, -0.2) is 13.6 Å². The molecular weight excluding hydrogens is 266 g/mol. The zero-order valence-corrected chi connectivity index (χ0v) is 11.8. The molecule has 7 heteroatoms. The second kappa shape index (κ2) is 6.14. The fourth-order valence-electron chi connectivity index (χ4n) is 1.63. The van der Waals surface area contributed by atoms with Gasteiger partial charge in [-0.05, 0) is 38.0 Å². The van der Waals surface area contributed by atoms with Crippen LogP contribution in [0.4, 0.5) is 5.69 Å². The van der Waals surface area contributed by atoms with Gasteiger partial charge in [0.05, 0.1) is 4.90 Å². The Balaban J connectivity index is 2.89. The molecule has 0 aliphatic carbocycles. The second-order valence-corrected chi connectivity index (χ2v) is 6.07. The molecule has 0 radical (unpaired) electrons. The molecule has 1 rings (SSSR count). The van der Waals surface area contributed by atoms with Crippen molar-refractivity contribution in [3.05, 3.63) is 23.8 Å². The molecule has 0 aliphatic rings. The number of nitrogens with two attached hydrogens (primary N) is 2. The molecule has 0 heterocycles. The lowest BCUT2D eigenvalue weighted by Crippen LogP contribution is -2.20. The molecule has 0 saturated heterocycles. The molecule has 0 aromatic heterocycles. The molecular formula is C12H19N3O3S. The smallest absolute Gasteiger partial charge is 0.238 e. The van der Waals surface area contributed by atoms with Crippen molar-refractivity contribution in [2.24, 2.45) is 10.9 Å². The molecule has 1 amide bonds. The first kappa shape index (κ1) is 15.6. The van der Waals surface area contributed by atoms with Gasteiger partial charge < -0.3 is 11.1 Å². The quantitative estimate of drug-likeness (QED) is 0.738. The molecule has 0 fully saturated rings. The fraction of sp³-hybridized carbons (Fsp3) is 0.417. The Bertz CT molecular complexity index is 568. The van der Waals surface area contributed by atoms with E-state index in [1.54, 1.807) is 13.0 Å². The summed E-state index contributed by atoms with van der Waals surface area (Å²) in [6.07, 6.45) is 0.858. The average molecular weight is 285 g/mol. The van der Waals surface area contributed by atoms with Crippen molar-refractivity contribution in [2.45, 2.75) is 37.6 Å². The van der Waals surface area contributed by atoms with Crippen LogP contribution < -0.4 is 16.2 Å². The number of carbonyl (C=O) groups excluding carboxylic acids is 1. The first-order chi connectivity index (χ1) is 8.71. The third-order valence-electron chi connectivity index (χ3n) is 2.69. The molecule has 1 unspecified atom stereocenters. The van der Waals surface area contributed by atoms with Gasteiger partial charge >= 0.3 is 0 Å². The van der Waals surface area contributed by atoms with Gasteiger partial charge in [0.15, 0.2) is 0 Å². The molecule has 1 aromatic rings. The number of primary sulfonamides is 1. The van der Waals surface area contributed by atoms with Crippen LogP contribution in [0.5, 0.6) is 0 Å². The van der Waals surface area contributed by atoms with Crippen molar-refractivity contribution in [3.8, 4) is 0 Å². The number of anilines is 1. The summed E-state index contributed by atoms with van der Waals surface area (Å²) in [7, 11) is -3.79. The van der Waals surface area contributed by atoms with Crippen molar-refractivity contribution in [3.63, 3.8) is 0 Å². The number of sulfonamides is 1. The summed E-state index contributed by atoms with van der Waals surface area (Å²) >= 11 is 0. The predicted octanol–water partition coefficient (Wildman–Crippen LogP) is 0.708. The summed E-state index contributed by atoms with van der Waals surface area (Å²) in [5, 5.41) is 7.76. The molecule has 19 heavy (non-hydrogen) atoms. The van der Waals surface area contributed by atoms with Crippen LogP contribution in [0.2, 0.25) is 0 Å². The minimum Gasteiger partial charge on any atom is -0.328 e. The summed E-state index contributed by atoms with van der Waals surface area (Å²) in [6.45, 7) is 3.42. The van der Waals surface area contributed by atoms with E-state index in [0.29, 0.717) is 17.7 Å². The van der Waals surface area contributed by atoms with Crippen LogP contribution in [-0.4, -0.2) is 20.4 Å². The van der Waals surface area contributed by atoms with Gasteiger partial charge in [-0.2, -0.15) is 0 Å². The standard InChI is InChI=1S/C12H19N3O3S/c1-8(13)6-7-12(16)15-10-4-3-5-11(9(10)2)19(14,17)18/h3-5,8H,6-7,13H2,1-2H3,(H,15,16)(H2,14,17,18). The van der Waals surface area contributed by atoms with E-state index in [0.717, 1.165) is 0 Å². The third-order valence-corrected chi connectivity index (χ3v) is 3.75. The maximum absolute atomic E-state index is 11.7.